The molecule has 0 saturated heterocycles. The Balaban J connectivity index is 1.94. The molecule has 0 bridgehead atoms. The molecule has 0 aliphatic rings. The number of aryl methyl sites for hydroxylation is 1. The predicted molar refractivity (Wildman–Crippen MR) is 110 cm³/mol. The lowest BCUT2D eigenvalue weighted by molar-refractivity contribution is 0.287. The Kier molecular flexibility index (Phi) is 7.88. The van der Waals surface area contributed by atoms with Crippen molar-refractivity contribution in [3.05, 3.63) is 64.6 Å². The van der Waals surface area contributed by atoms with E-state index in [0.717, 1.165) is 16.7 Å². The fourth-order valence-electron chi connectivity index (χ4n) is 2.48. The highest BCUT2D eigenvalue weighted by molar-refractivity contribution is 7.92. The quantitative estimate of drug-likeness (QED) is 0.669. The van der Waals surface area contributed by atoms with Crippen LogP contribution >= 0.6 is 0 Å². The summed E-state index contributed by atoms with van der Waals surface area (Å²) < 4.78 is 38.0. The molecule has 0 atom stereocenters. The van der Waals surface area contributed by atoms with Crippen LogP contribution in [0.1, 0.15) is 30.5 Å². The van der Waals surface area contributed by atoms with Crippen LogP contribution in [0.15, 0.2) is 47.9 Å². The van der Waals surface area contributed by atoms with E-state index in [0.29, 0.717) is 37.7 Å². The average molecular weight is 390 g/mol. The van der Waals surface area contributed by atoms with Crippen LogP contribution in [0.4, 0.5) is 0 Å². The van der Waals surface area contributed by atoms with Gasteiger partial charge in [-0.25, -0.2) is 13.1 Å². The van der Waals surface area contributed by atoms with E-state index in [4.69, 9.17) is 9.47 Å². The highest BCUT2D eigenvalue weighted by Crippen LogP contribution is 2.28. The van der Waals surface area contributed by atoms with Gasteiger partial charge in [0.05, 0.1) is 13.2 Å². The van der Waals surface area contributed by atoms with Crippen molar-refractivity contribution in [3.8, 4) is 11.5 Å². The molecule has 0 heterocycles. The first-order chi connectivity index (χ1) is 12.9. The molecule has 146 valence electrons. The Morgan fingerprint density at radius 2 is 1.63 bits per heavy atom. The molecule has 0 spiro atoms. The first-order valence-corrected chi connectivity index (χ1v) is 10.6. The molecule has 27 heavy (non-hydrogen) atoms. The Labute approximate surface area is 162 Å². The van der Waals surface area contributed by atoms with Crippen molar-refractivity contribution in [3.63, 3.8) is 0 Å². The van der Waals surface area contributed by atoms with Crippen LogP contribution in [0.3, 0.4) is 0 Å². The van der Waals surface area contributed by atoms with Gasteiger partial charge in [-0.1, -0.05) is 35.9 Å². The molecule has 0 radical (unpaired) electrons. The van der Waals surface area contributed by atoms with Crippen LogP contribution in [0.2, 0.25) is 0 Å². The Hall–Kier alpha value is -2.31. The summed E-state index contributed by atoms with van der Waals surface area (Å²) in [5.74, 6) is 1.38. The van der Waals surface area contributed by atoms with Gasteiger partial charge < -0.3 is 9.47 Å². The second-order valence-corrected chi connectivity index (χ2v) is 7.70. The van der Waals surface area contributed by atoms with Crippen molar-refractivity contribution < 1.29 is 17.9 Å². The third kappa shape index (κ3) is 7.07. The second kappa shape index (κ2) is 10.1. The van der Waals surface area contributed by atoms with Gasteiger partial charge >= 0.3 is 0 Å². The topological polar surface area (TPSA) is 64.6 Å². The lowest BCUT2D eigenvalue weighted by Crippen LogP contribution is -2.23. The van der Waals surface area contributed by atoms with Crippen LogP contribution in [0, 0.1) is 6.92 Å². The molecule has 2 aromatic carbocycles. The summed E-state index contributed by atoms with van der Waals surface area (Å²) in [6, 6.07) is 13.3. The summed E-state index contributed by atoms with van der Waals surface area (Å²) in [4.78, 5) is 0. The molecule has 6 heteroatoms. The van der Waals surface area contributed by atoms with E-state index >= 15 is 0 Å². The van der Waals surface area contributed by atoms with Crippen molar-refractivity contribution in [1.82, 2.24) is 4.72 Å². The standard InChI is InChI=1S/C21H27NO4S/c1-4-25-20-11-10-19(16-21(20)26-5-2)12-14-22-27(23,24)15-13-18-8-6-17(3)7-9-18/h6-11,13,15-16,22H,4-5,12,14H2,1-3H3/b15-13+. The van der Waals surface area contributed by atoms with Crippen LogP contribution < -0.4 is 14.2 Å². The number of sulfonamides is 1. The van der Waals surface area contributed by atoms with Gasteiger partial charge in [0.2, 0.25) is 10.0 Å². The summed E-state index contributed by atoms with van der Waals surface area (Å²) in [7, 11) is -3.48. The molecule has 0 fully saturated rings. The fourth-order valence-corrected chi connectivity index (χ4v) is 3.30. The first kappa shape index (κ1) is 21.0. The van der Waals surface area contributed by atoms with Crippen LogP contribution in [0.25, 0.3) is 6.08 Å². The number of ether oxygens (including phenoxy) is 2. The van der Waals surface area contributed by atoms with E-state index in [-0.39, 0.29) is 0 Å². The van der Waals surface area contributed by atoms with Gasteiger partial charge in [0.15, 0.2) is 11.5 Å². The molecule has 0 aliphatic carbocycles. The molecule has 5 nitrogen and oxygen atoms in total. The summed E-state index contributed by atoms with van der Waals surface area (Å²) >= 11 is 0. The van der Waals surface area contributed by atoms with Gasteiger partial charge in [-0.2, -0.15) is 0 Å². The minimum Gasteiger partial charge on any atom is -0.490 e. The summed E-state index contributed by atoms with van der Waals surface area (Å²) in [5, 5.41) is 1.20. The molecule has 0 amide bonds. The number of benzene rings is 2. The zero-order chi connectivity index (χ0) is 19.7. The van der Waals surface area contributed by atoms with E-state index in [1.165, 1.54) is 5.41 Å². The lowest BCUT2D eigenvalue weighted by Gasteiger charge is -2.12. The summed E-state index contributed by atoms with van der Waals surface area (Å²) in [6.45, 7) is 7.23. The molecule has 0 saturated carbocycles. The highest BCUT2D eigenvalue weighted by atomic mass is 32.2. The molecule has 1 N–H and O–H groups in total. The Morgan fingerprint density at radius 1 is 0.963 bits per heavy atom. The lowest BCUT2D eigenvalue weighted by atomic mass is 10.1. The van der Waals surface area contributed by atoms with E-state index in [9.17, 15) is 8.42 Å². The number of hydrogen-bond donors (Lipinski definition) is 1. The van der Waals surface area contributed by atoms with Crippen molar-refractivity contribution in [1.29, 1.82) is 0 Å². The van der Waals surface area contributed by atoms with E-state index in [1.54, 1.807) is 6.08 Å². The van der Waals surface area contributed by atoms with Crippen molar-refractivity contribution in [2.75, 3.05) is 19.8 Å². The predicted octanol–water partition coefficient (Wildman–Crippen LogP) is 3.93. The minimum atomic E-state index is -3.48. The maximum absolute atomic E-state index is 12.1. The molecule has 2 aromatic rings. The van der Waals surface area contributed by atoms with Gasteiger partial charge in [-0.15, -0.1) is 0 Å². The van der Waals surface area contributed by atoms with Crippen molar-refractivity contribution in [2.24, 2.45) is 0 Å². The van der Waals surface area contributed by atoms with Crippen LogP contribution in [0.5, 0.6) is 11.5 Å². The molecule has 0 aliphatic heterocycles. The maximum atomic E-state index is 12.1. The molecule has 0 aromatic heterocycles. The number of hydrogen-bond acceptors (Lipinski definition) is 4. The monoisotopic (exact) mass is 389 g/mol. The summed E-state index contributed by atoms with van der Waals surface area (Å²) in [5.41, 5.74) is 2.96. The zero-order valence-corrected chi connectivity index (χ0v) is 16.9. The smallest absolute Gasteiger partial charge is 0.233 e. The van der Waals surface area contributed by atoms with Crippen LogP contribution in [-0.2, 0) is 16.4 Å². The van der Waals surface area contributed by atoms with Gasteiger partial charge in [-0.3, -0.25) is 0 Å². The number of nitrogens with one attached hydrogen (secondary N) is 1. The van der Waals surface area contributed by atoms with Crippen molar-refractivity contribution >= 4 is 16.1 Å². The van der Waals surface area contributed by atoms with E-state index < -0.39 is 10.0 Å². The SMILES string of the molecule is CCOc1ccc(CCNS(=O)(=O)/C=C/c2ccc(C)cc2)cc1OCC. The van der Waals surface area contributed by atoms with Gasteiger partial charge in [0, 0.05) is 12.0 Å². The Morgan fingerprint density at radius 3 is 2.30 bits per heavy atom. The highest BCUT2D eigenvalue weighted by Gasteiger charge is 2.08. The summed E-state index contributed by atoms with van der Waals surface area (Å²) in [6.07, 6.45) is 2.15. The fraction of sp³-hybridized carbons (Fsp3) is 0.333. The number of rotatable bonds is 10. The third-order valence-electron chi connectivity index (χ3n) is 3.84. The van der Waals surface area contributed by atoms with Crippen LogP contribution in [-0.4, -0.2) is 28.2 Å². The molecule has 2 rings (SSSR count). The molecular formula is C21H27NO4S. The van der Waals surface area contributed by atoms with E-state index in [2.05, 4.69) is 4.72 Å². The zero-order valence-electron chi connectivity index (χ0n) is 16.1. The van der Waals surface area contributed by atoms with Gasteiger partial charge in [0.1, 0.15) is 0 Å². The normalized spacial score (nSPS) is 11.7. The first-order valence-electron chi connectivity index (χ1n) is 9.06. The van der Waals surface area contributed by atoms with Gasteiger partial charge in [0.25, 0.3) is 0 Å². The van der Waals surface area contributed by atoms with Gasteiger partial charge in [-0.05, 0) is 56.5 Å². The molecule has 0 unspecified atom stereocenters. The average Bonchev–Trinajstić information content (AvgIpc) is 2.64. The maximum Gasteiger partial charge on any atom is 0.233 e. The Bertz CT molecular complexity index is 858. The minimum absolute atomic E-state index is 0.306. The molecular weight excluding hydrogens is 362 g/mol. The largest absolute Gasteiger partial charge is 0.490 e. The third-order valence-corrected chi connectivity index (χ3v) is 4.94. The van der Waals surface area contributed by atoms with Crippen molar-refractivity contribution in [2.45, 2.75) is 27.2 Å². The second-order valence-electron chi connectivity index (χ2n) is 6.05. The van der Waals surface area contributed by atoms with E-state index in [1.807, 2.05) is 63.2 Å².